The van der Waals surface area contributed by atoms with Gasteiger partial charge in [0.25, 0.3) is 0 Å². The Balaban J connectivity index is 0. The van der Waals surface area contributed by atoms with Crippen LogP contribution in [0.2, 0.25) is 0 Å². The zero-order chi connectivity index (χ0) is 8.85. The van der Waals surface area contributed by atoms with Crippen molar-refractivity contribution in [1.82, 2.24) is 0 Å². The van der Waals surface area contributed by atoms with E-state index in [1.165, 1.54) is 0 Å². The Labute approximate surface area is 79.7 Å². The van der Waals surface area contributed by atoms with Crippen LogP contribution in [0.5, 0.6) is 0 Å². The second-order valence-corrected chi connectivity index (χ2v) is 3.07. The van der Waals surface area contributed by atoms with E-state index in [1.54, 1.807) is 0 Å². The van der Waals surface area contributed by atoms with Gasteiger partial charge in [0.05, 0.1) is 0 Å². The topological polar surface area (TPSA) is 63.3 Å². The molecule has 0 bridgehead atoms. The van der Waals surface area contributed by atoms with Crippen molar-refractivity contribution in [2.75, 3.05) is 0 Å². The second kappa shape index (κ2) is 7.37. The molecule has 0 spiro atoms. The predicted molar refractivity (Wildman–Crippen MR) is 51.5 cm³/mol. The highest BCUT2D eigenvalue weighted by Crippen LogP contribution is 2.11. The molecule has 2 atom stereocenters. The molecule has 0 fully saturated rings. The molecule has 0 radical (unpaired) electrons. The summed E-state index contributed by atoms with van der Waals surface area (Å²) in [4.78, 5) is 10.3. The quantitative estimate of drug-likeness (QED) is 0.701. The van der Waals surface area contributed by atoms with Crippen molar-refractivity contribution < 1.29 is 9.90 Å². The van der Waals surface area contributed by atoms with Gasteiger partial charge in [0.2, 0.25) is 0 Å². The molecule has 0 aliphatic heterocycles. The molecule has 0 aliphatic rings. The van der Waals surface area contributed by atoms with Crippen LogP contribution in [0.3, 0.4) is 0 Å². The zero-order valence-electron chi connectivity index (χ0n) is 7.62. The number of carboxylic acid groups (broad SMARTS) is 1. The lowest BCUT2D eigenvalue weighted by molar-refractivity contribution is -0.138. The fraction of sp³-hybridized carbons (Fsp3) is 0.875. The number of nitrogens with two attached hydrogens (primary N) is 1. The lowest BCUT2D eigenvalue weighted by Crippen LogP contribution is -2.31. The summed E-state index contributed by atoms with van der Waals surface area (Å²) >= 11 is 0. The first-order chi connectivity index (χ1) is 5.07. The maximum atomic E-state index is 10.3. The average molecular weight is 196 g/mol. The predicted octanol–water partition coefficient (Wildman–Crippen LogP) is 1.65. The minimum absolute atomic E-state index is 0. The number of rotatable bonds is 5. The largest absolute Gasteiger partial charge is 0.480 e. The number of carbonyl (C=O) groups is 1. The fourth-order valence-corrected chi connectivity index (χ4v) is 1.14. The molecule has 0 amide bonds. The molecule has 4 heteroatoms. The molecule has 0 heterocycles. The third kappa shape index (κ3) is 6.43. The Kier molecular flexibility index (Phi) is 8.76. The van der Waals surface area contributed by atoms with Crippen molar-refractivity contribution in [3.05, 3.63) is 0 Å². The van der Waals surface area contributed by atoms with Gasteiger partial charge in [-0.15, -0.1) is 12.4 Å². The molecule has 0 aliphatic carbocycles. The number of hydrogen-bond acceptors (Lipinski definition) is 2. The van der Waals surface area contributed by atoms with E-state index in [1.807, 2.05) is 6.92 Å². The summed E-state index contributed by atoms with van der Waals surface area (Å²) in [7, 11) is 0. The first kappa shape index (κ1) is 14.3. The molecule has 0 saturated heterocycles. The number of carboxylic acids is 1. The van der Waals surface area contributed by atoms with Crippen molar-refractivity contribution in [1.29, 1.82) is 0 Å². The van der Waals surface area contributed by atoms with Crippen LogP contribution in [0, 0.1) is 5.92 Å². The molecular weight excluding hydrogens is 178 g/mol. The van der Waals surface area contributed by atoms with Crippen LogP contribution in [-0.2, 0) is 4.79 Å². The second-order valence-electron chi connectivity index (χ2n) is 3.07. The summed E-state index contributed by atoms with van der Waals surface area (Å²) in [5, 5.41) is 8.47. The van der Waals surface area contributed by atoms with Gasteiger partial charge in [-0.2, -0.15) is 0 Å². The minimum atomic E-state index is -0.895. The van der Waals surface area contributed by atoms with Crippen LogP contribution in [0.4, 0.5) is 0 Å². The van der Waals surface area contributed by atoms with Crippen LogP contribution in [-0.4, -0.2) is 17.1 Å². The summed E-state index contributed by atoms with van der Waals surface area (Å²) in [5.74, 6) is -0.473. The normalized spacial score (nSPS) is 14.6. The molecular formula is C8H18ClNO2. The van der Waals surface area contributed by atoms with Gasteiger partial charge in [-0.05, 0) is 12.3 Å². The average Bonchev–Trinajstić information content (AvgIpc) is 1.87. The Bertz CT molecular complexity index is 130. The van der Waals surface area contributed by atoms with Gasteiger partial charge in [0, 0.05) is 0 Å². The number of hydrogen-bond donors (Lipinski definition) is 2. The SMILES string of the molecule is CCCC(C)C[C@H](N)C(=O)O.Cl. The van der Waals surface area contributed by atoms with Gasteiger partial charge in [0.1, 0.15) is 6.04 Å². The molecule has 0 aromatic carbocycles. The number of aliphatic carboxylic acids is 1. The van der Waals surface area contributed by atoms with E-state index in [9.17, 15) is 4.79 Å². The maximum absolute atomic E-state index is 10.3. The molecule has 12 heavy (non-hydrogen) atoms. The van der Waals surface area contributed by atoms with Gasteiger partial charge >= 0.3 is 5.97 Å². The molecule has 3 N–H and O–H groups in total. The van der Waals surface area contributed by atoms with Crippen molar-refractivity contribution in [3.63, 3.8) is 0 Å². The summed E-state index contributed by atoms with van der Waals surface area (Å²) in [6, 6.07) is -0.684. The van der Waals surface area contributed by atoms with E-state index < -0.39 is 12.0 Å². The first-order valence-electron chi connectivity index (χ1n) is 4.06. The highest BCUT2D eigenvalue weighted by atomic mass is 35.5. The lowest BCUT2D eigenvalue weighted by Gasteiger charge is -2.12. The molecule has 0 aromatic heterocycles. The van der Waals surface area contributed by atoms with E-state index >= 15 is 0 Å². The van der Waals surface area contributed by atoms with Crippen LogP contribution in [0.15, 0.2) is 0 Å². The summed E-state index contributed by atoms with van der Waals surface area (Å²) in [6.07, 6.45) is 2.73. The molecule has 74 valence electrons. The summed E-state index contributed by atoms with van der Waals surface area (Å²) < 4.78 is 0. The molecule has 3 nitrogen and oxygen atoms in total. The molecule has 0 aromatic rings. The molecule has 0 rings (SSSR count). The van der Waals surface area contributed by atoms with E-state index in [4.69, 9.17) is 10.8 Å². The van der Waals surface area contributed by atoms with Gasteiger partial charge in [-0.3, -0.25) is 4.79 Å². The van der Waals surface area contributed by atoms with Crippen LogP contribution >= 0.6 is 12.4 Å². The Morgan fingerprint density at radius 2 is 2.08 bits per heavy atom. The van der Waals surface area contributed by atoms with Crippen molar-refractivity contribution in [2.24, 2.45) is 11.7 Å². The first-order valence-corrected chi connectivity index (χ1v) is 4.06. The van der Waals surface area contributed by atoms with E-state index in [0.717, 1.165) is 12.8 Å². The Hall–Kier alpha value is -0.280. The highest BCUT2D eigenvalue weighted by Gasteiger charge is 2.14. The van der Waals surface area contributed by atoms with Crippen LogP contribution in [0.25, 0.3) is 0 Å². The van der Waals surface area contributed by atoms with E-state index in [2.05, 4.69) is 6.92 Å². The lowest BCUT2D eigenvalue weighted by atomic mass is 9.98. The van der Waals surface area contributed by atoms with Crippen molar-refractivity contribution in [3.8, 4) is 0 Å². The Morgan fingerprint density at radius 1 is 1.58 bits per heavy atom. The third-order valence-electron chi connectivity index (χ3n) is 1.75. The van der Waals surface area contributed by atoms with Crippen LogP contribution in [0.1, 0.15) is 33.1 Å². The van der Waals surface area contributed by atoms with E-state index in [-0.39, 0.29) is 12.4 Å². The highest BCUT2D eigenvalue weighted by molar-refractivity contribution is 5.85. The monoisotopic (exact) mass is 195 g/mol. The molecule has 1 unspecified atom stereocenters. The standard InChI is InChI=1S/C8H17NO2.ClH/c1-3-4-6(2)5-7(9)8(10)11;/h6-7H,3-5,9H2,1-2H3,(H,10,11);1H/t6?,7-;/m0./s1. The maximum Gasteiger partial charge on any atom is 0.320 e. The van der Waals surface area contributed by atoms with Gasteiger partial charge in [0.15, 0.2) is 0 Å². The van der Waals surface area contributed by atoms with Gasteiger partial charge in [-0.25, -0.2) is 0 Å². The zero-order valence-corrected chi connectivity index (χ0v) is 8.43. The van der Waals surface area contributed by atoms with Gasteiger partial charge < -0.3 is 10.8 Å². The molecule has 0 saturated carbocycles. The fourth-order valence-electron chi connectivity index (χ4n) is 1.14. The smallest absolute Gasteiger partial charge is 0.320 e. The number of halogens is 1. The van der Waals surface area contributed by atoms with E-state index in [0.29, 0.717) is 12.3 Å². The third-order valence-corrected chi connectivity index (χ3v) is 1.75. The van der Waals surface area contributed by atoms with Gasteiger partial charge in [-0.1, -0.05) is 26.7 Å². The summed E-state index contributed by atoms with van der Waals surface area (Å²) in [6.45, 7) is 4.12. The minimum Gasteiger partial charge on any atom is -0.480 e. The van der Waals surface area contributed by atoms with Crippen molar-refractivity contribution >= 4 is 18.4 Å². The van der Waals surface area contributed by atoms with Crippen molar-refractivity contribution in [2.45, 2.75) is 39.2 Å². The van der Waals surface area contributed by atoms with Crippen LogP contribution < -0.4 is 5.73 Å². The summed E-state index contributed by atoms with van der Waals surface area (Å²) in [5.41, 5.74) is 5.35. The Morgan fingerprint density at radius 3 is 2.42 bits per heavy atom.